The molecule has 3 rings (SSSR count). The lowest BCUT2D eigenvalue weighted by atomic mass is 9.99. The highest BCUT2D eigenvalue weighted by atomic mass is 32.2. The number of carbonyl (C=O) groups excluding carboxylic acids is 1. The van der Waals surface area contributed by atoms with Crippen LogP contribution in [0.15, 0.2) is 83.8 Å². The van der Waals surface area contributed by atoms with Crippen molar-refractivity contribution < 1.29 is 13.2 Å². The maximum absolute atomic E-state index is 13.0. The number of anilines is 1. The van der Waals surface area contributed by atoms with Crippen LogP contribution in [0.5, 0.6) is 0 Å². The standard InChI is InChI=1S/C24H26N2O3S/c1-4-23(22-16-9-8-11-18(22)2)25-24(27)19-12-10-15-21(17-19)30(28,29)26(3)20-13-6-5-7-14-20/h5-17,23H,4H2,1-3H3,(H,25,27)/t23-/m0/s1. The molecule has 0 aliphatic rings. The Bertz CT molecular complexity index is 1130. The van der Waals surface area contributed by atoms with E-state index in [2.05, 4.69) is 5.32 Å². The number of nitrogens with one attached hydrogen (secondary N) is 1. The van der Waals surface area contributed by atoms with Crippen molar-refractivity contribution in [1.29, 1.82) is 0 Å². The van der Waals surface area contributed by atoms with Crippen LogP contribution >= 0.6 is 0 Å². The van der Waals surface area contributed by atoms with E-state index in [4.69, 9.17) is 0 Å². The Morgan fingerprint density at radius 1 is 0.967 bits per heavy atom. The molecule has 0 unspecified atom stereocenters. The number of carbonyl (C=O) groups is 1. The Hall–Kier alpha value is -3.12. The van der Waals surface area contributed by atoms with Crippen molar-refractivity contribution in [1.82, 2.24) is 5.32 Å². The molecule has 0 saturated heterocycles. The van der Waals surface area contributed by atoms with Gasteiger partial charge in [-0.15, -0.1) is 0 Å². The Balaban J connectivity index is 1.86. The molecule has 0 aromatic heterocycles. The van der Waals surface area contributed by atoms with Crippen LogP contribution in [-0.4, -0.2) is 21.4 Å². The van der Waals surface area contributed by atoms with Gasteiger partial charge in [0.2, 0.25) is 0 Å². The van der Waals surface area contributed by atoms with Crippen LogP contribution in [0.2, 0.25) is 0 Å². The summed E-state index contributed by atoms with van der Waals surface area (Å²) in [5.74, 6) is -0.301. The lowest BCUT2D eigenvalue weighted by Crippen LogP contribution is -2.29. The monoisotopic (exact) mass is 422 g/mol. The van der Waals surface area contributed by atoms with Gasteiger partial charge in [-0.2, -0.15) is 0 Å². The van der Waals surface area contributed by atoms with E-state index in [9.17, 15) is 13.2 Å². The summed E-state index contributed by atoms with van der Waals surface area (Å²) in [6.45, 7) is 4.02. The third-order valence-corrected chi connectivity index (χ3v) is 6.93. The molecule has 0 bridgehead atoms. The number of rotatable bonds is 7. The second-order valence-corrected chi connectivity index (χ2v) is 9.10. The Labute approximate surface area is 178 Å². The normalized spacial score (nSPS) is 12.2. The van der Waals surface area contributed by atoms with Crippen LogP contribution in [0.25, 0.3) is 0 Å². The maximum atomic E-state index is 13.0. The summed E-state index contributed by atoms with van der Waals surface area (Å²) in [4.78, 5) is 13.0. The molecule has 6 heteroatoms. The molecular weight excluding hydrogens is 396 g/mol. The summed E-state index contributed by atoms with van der Waals surface area (Å²) in [6, 6.07) is 22.8. The number of hydrogen-bond acceptors (Lipinski definition) is 3. The highest BCUT2D eigenvalue weighted by Gasteiger charge is 2.23. The molecule has 30 heavy (non-hydrogen) atoms. The first-order valence-electron chi connectivity index (χ1n) is 9.85. The average Bonchev–Trinajstić information content (AvgIpc) is 2.78. The Kier molecular flexibility index (Phi) is 6.57. The van der Waals surface area contributed by atoms with E-state index >= 15 is 0 Å². The molecule has 156 valence electrons. The molecule has 5 nitrogen and oxygen atoms in total. The predicted molar refractivity (Wildman–Crippen MR) is 120 cm³/mol. The second kappa shape index (κ2) is 9.13. The Morgan fingerprint density at radius 3 is 2.30 bits per heavy atom. The second-order valence-electron chi connectivity index (χ2n) is 7.13. The van der Waals surface area contributed by atoms with Gasteiger partial charge in [0, 0.05) is 12.6 Å². The molecule has 0 spiro atoms. The molecule has 0 radical (unpaired) electrons. The number of benzene rings is 3. The summed E-state index contributed by atoms with van der Waals surface area (Å²) < 4.78 is 27.3. The van der Waals surface area contributed by atoms with Crippen molar-refractivity contribution in [3.8, 4) is 0 Å². The van der Waals surface area contributed by atoms with Crippen LogP contribution in [0, 0.1) is 6.92 Å². The first-order valence-corrected chi connectivity index (χ1v) is 11.3. The molecular formula is C24H26N2O3S. The van der Waals surface area contributed by atoms with Crippen molar-refractivity contribution in [2.45, 2.75) is 31.2 Å². The number of sulfonamides is 1. The minimum absolute atomic E-state index is 0.0745. The van der Waals surface area contributed by atoms with E-state index in [1.165, 1.54) is 23.5 Å². The zero-order valence-corrected chi connectivity index (χ0v) is 18.2. The molecule has 0 aliphatic heterocycles. The summed E-state index contributed by atoms with van der Waals surface area (Å²) in [5, 5.41) is 3.03. The number of nitrogens with zero attached hydrogens (tertiary/aromatic N) is 1. The van der Waals surface area contributed by atoms with Gasteiger partial charge in [-0.3, -0.25) is 9.10 Å². The third-order valence-electron chi connectivity index (χ3n) is 5.15. The lowest BCUT2D eigenvalue weighted by molar-refractivity contribution is 0.0935. The van der Waals surface area contributed by atoms with Crippen LogP contribution in [-0.2, 0) is 10.0 Å². The smallest absolute Gasteiger partial charge is 0.264 e. The summed E-state index contributed by atoms with van der Waals surface area (Å²) in [5.41, 5.74) is 3.02. The predicted octanol–water partition coefficient (Wildman–Crippen LogP) is 4.70. The number of hydrogen-bond donors (Lipinski definition) is 1. The fraction of sp³-hybridized carbons (Fsp3) is 0.208. The molecule has 0 saturated carbocycles. The van der Waals surface area contributed by atoms with Crippen LogP contribution in [0.1, 0.15) is 40.9 Å². The summed E-state index contributed by atoms with van der Waals surface area (Å²) in [7, 11) is -2.28. The largest absolute Gasteiger partial charge is 0.345 e. The molecule has 3 aromatic rings. The van der Waals surface area contributed by atoms with Crippen molar-refractivity contribution in [2.24, 2.45) is 0 Å². The lowest BCUT2D eigenvalue weighted by Gasteiger charge is -2.21. The van der Waals surface area contributed by atoms with E-state index in [-0.39, 0.29) is 16.8 Å². The molecule has 1 N–H and O–H groups in total. The van der Waals surface area contributed by atoms with E-state index in [1.54, 1.807) is 36.4 Å². The zero-order chi connectivity index (χ0) is 21.7. The van der Waals surface area contributed by atoms with Crippen LogP contribution < -0.4 is 9.62 Å². The van der Waals surface area contributed by atoms with Gasteiger partial charge in [0.25, 0.3) is 15.9 Å². The van der Waals surface area contributed by atoms with Gasteiger partial charge in [0.1, 0.15) is 0 Å². The summed E-state index contributed by atoms with van der Waals surface area (Å²) >= 11 is 0. The highest BCUT2D eigenvalue weighted by molar-refractivity contribution is 7.92. The van der Waals surface area contributed by atoms with Crippen LogP contribution in [0.3, 0.4) is 0 Å². The van der Waals surface area contributed by atoms with Crippen molar-refractivity contribution in [3.05, 3.63) is 95.6 Å². The van der Waals surface area contributed by atoms with Crippen molar-refractivity contribution in [2.75, 3.05) is 11.4 Å². The van der Waals surface area contributed by atoms with E-state index in [1.807, 2.05) is 44.2 Å². The fourth-order valence-corrected chi connectivity index (χ4v) is 4.59. The zero-order valence-electron chi connectivity index (χ0n) is 17.4. The highest BCUT2D eigenvalue weighted by Crippen LogP contribution is 2.24. The van der Waals surface area contributed by atoms with E-state index < -0.39 is 10.0 Å². The summed E-state index contributed by atoms with van der Waals surface area (Å²) in [6.07, 6.45) is 0.728. The quantitative estimate of drug-likeness (QED) is 0.600. The number of amides is 1. The average molecular weight is 423 g/mol. The van der Waals surface area contributed by atoms with Gasteiger partial charge in [-0.25, -0.2) is 8.42 Å². The van der Waals surface area contributed by atoms with Gasteiger partial charge in [-0.1, -0.05) is 55.5 Å². The van der Waals surface area contributed by atoms with Gasteiger partial charge in [-0.05, 0) is 54.8 Å². The van der Waals surface area contributed by atoms with Gasteiger partial charge in [0.15, 0.2) is 0 Å². The van der Waals surface area contributed by atoms with Gasteiger partial charge >= 0.3 is 0 Å². The molecule has 1 amide bonds. The topological polar surface area (TPSA) is 66.5 Å². The first-order chi connectivity index (χ1) is 14.3. The molecule has 0 aliphatic carbocycles. The molecule has 0 heterocycles. The SMILES string of the molecule is CC[C@H](NC(=O)c1cccc(S(=O)(=O)N(C)c2ccccc2)c1)c1ccccc1C. The molecule has 0 fully saturated rings. The van der Waals surface area contributed by atoms with E-state index in [0.29, 0.717) is 11.3 Å². The minimum Gasteiger partial charge on any atom is -0.345 e. The van der Waals surface area contributed by atoms with Crippen molar-refractivity contribution >= 4 is 21.6 Å². The Morgan fingerprint density at radius 2 is 1.63 bits per heavy atom. The third kappa shape index (κ3) is 4.54. The fourth-order valence-electron chi connectivity index (χ4n) is 3.35. The molecule has 3 aromatic carbocycles. The first kappa shape index (κ1) is 21.6. The molecule has 1 atom stereocenters. The van der Waals surface area contributed by atoms with Crippen molar-refractivity contribution in [3.63, 3.8) is 0 Å². The minimum atomic E-state index is -3.79. The maximum Gasteiger partial charge on any atom is 0.264 e. The number of para-hydroxylation sites is 1. The van der Waals surface area contributed by atoms with Crippen LogP contribution in [0.4, 0.5) is 5.69 Å². The van der Waals surface area contributed by atoms with Gasteiger partial charge in [0.05, 0.1) is 16.6 Å². The van der Waals surface area contributed by atoms with E-state index in [0.717, 1.165) is 17.5 Å². The van der Waals surface area contributed by atoms with Gasteiger partial charge < -0.3 is 5.32 Å². The number of aryl methyl sites for hydroxylation is 1.